The lowest BCUT2D eigenvalue weighted by atomic mass is 9.97. The van der Waals surface area contributed by atoms with Crippen LogP contribution in [-0.4, -0.2) is 42.9 Å². The molecule has 6 heteroatoms. The fraction of sp³-hybridized carbons (Fsp3) is 0.474. The second-order valence-electron chi connectivity index (χ2n) is 6.30. The Kier molecular flexibility index (Phi) is 8.01. The van der Waals surface area contributed by atoms with E-state index in [9.17, 15) is 9.59 Å². The first-order valence-electron chi connectivity index (χ1n) is 8.82. The molecule has 2 fully saturated rings. The Labute approximate surface area is 155 Å². The fourth-order valence-corrected chi connectivity index (χ4v) is 3.15. The summed E-state index contributed by atoms with van der Waals surface area (Å²) in [6, 6.07) is 7.18. The van der Waals surface area contributed by atoms with Crippen molar-refractivity contribution in [1.82, 2.24) is 10.2 Å². The fourth-order valence-electron chi connectivity index (χ4n) is 3.00. The molecule has 0 bridgehead atoms. The Morgan fingerprint density at radius 3 is 2.32 bits per heavy atom. The Balaban J connectivity index is 0.000000181. The van der Waals surface area contributed by atoms with Crippen molar-refractivity contribution < 1.29 is 9.59 Å². The Bertz CT molecular complexity index is 577. The number of hydrogen-bond acceptors (Lipinski definition) is 4. The zero-order valence-electron chi connectivity index (χ0n) is 14.5. The van der Waals surface area contributed by atoms with E-state index in [0.29, 0.717) is 11.8 Å². The Hall–Kier alpha value is -1.79. The highest BCUT2D eigenvalue weighted by Crippen LogP contribution is 2.18. The molecule has 0 unspecified atom stereocenters. The van der Waals surface area contributed by atoms with Gasteiger partial charge in [-0.05, 0) is 69.1 Å². The molecule has 3 rings (SSSR count). The third kappa shape index (κ3) is 6.55. The molecule has 1 aromatic carbocycles. The zero-order chi connectivity index (χ0) is 18.1. The zero-order valence-corrected chi connectivity index (χ0v) is 15.4. The van der Waals surface area contributed by atoms with Crippen molar-refractivity contribution in [2.24, 2.45) is 5.92 Å². The number of likely N-dealkylation sites (tertiary alicyclic amines) is 1. The molecular formula is C19H27N3O2S. The summed E-state index contributed by atoms with van der Waals surface area (Å²) in [6.45, 7) is 7.39. The highest BCUT2D eigenvalue weighted by atomic mass is 32.1. The minimum absolute atomic E-state index is 0.207. The second kappa shape index (κ2) is 10.3. The number of hydrogen-bond donors (Lipinski definition) is 3. The van der Waals surface area contributed by atoms with Gasteiger partial charge in [-0.25, -0.2) is 0 Å². The van der Waals surface area contributed by atoms with Gasteiger partial charge in [-0.2, -0.15) is 0 Å². The molecule has 2 N–H and O–H groups in total. The average Bonchev–Trinajstić information content (AvgIpc) is 3.19. The molecule has 2 saturated heterocycles. The minimum atomic E-state index is -0.207. The van der Waals surface area contributed by atoms with Gasteiger partial charge in [0.1, 0.15) is 0 Å². The van der Waals surface area contributed by atoms with E-state index in [1.54, 1.807) is 12.1 Å². The van der Waals surface area contributed by atoms with E-state index in [1.807, 2.05) is 12.1 Å². The van der Waals surface area contributed by atoms with Crippen LogP contribution in [0.15, 0.2) is 41.8 Å². The minimum Gasteiger partial charge on any atom is -0.342 e. The molecule has 136 valence electrons. The molecule has 25 heavy (non-hydrogen) atoms. The van der Waals surface area contributed by atoms with Crippen LogP contribution >= 0.6 is 12.6 Å². The molecule has 0 saturated carbocycles. The number of nitrogens with zero attached hydrogens (tertiary/aromatic N) is 1. The van der Waals surface area contributed by atoms with Gasteiger partial charge < -0.3 is 15.5 Å². The standard InChI is InChI=1S/C10H18N2O.C9H9NOS/c13-10(12-7-1-2-8-12)9-3-5-11-6-4-9;1-2-9(11)10-7-3-5-8(12)6-4-7/h9,11H,1-8H2;2-6,12H,1H2,(H,10,11). The predicted molar refractivity (Wildman–Crippen MR) is 104 cm³/mol. The summed E-state index contributed by atoms with van der Waals surface area (Å²) >= 11 is 4.11. The van der Waals surface area contributed by atoms with Crippen LogP contribution in [0.5, 0.6) is 0 Å². The molecule has 0 atom stereocenters. The highest BCUT2D eigenvalue weighted by Gasteiger charge is 2.27. The van der Waals surface area contributed by atoms with Gasteiger partial charge >= 0.3 is 0 Å². The summed E-state index contributed by atoms with van der Waals surface area (Å²) in [5.74, 6) is 0.528. The lowest BCUT2D eigenvalue weighted by Gasteiger charge is -2.26. The SMILES string of the molecule is C=CC(=O)Nc1ccc(S)cc1.O=C(C1CCNCC1)N1CCCC1. The lowest BCUT2D eigenvalue weighted by Crippen LogP contribution is -2.39. The first-order chi connectivity index (χ1) is 12.1. The molecule has 1 aromatic rings. The molecule has 2 heterocycles. The van der Waals surface area contributed by atoms with E-state index in [4.69, 9.17) is 0 Å². The van der Waals surface area contributed by atoms with Gasteiger partial charge in [-0.15, -0.1) is 12.6 Å². The van der Waals surface area contributed by atoms with Gasteiger partial charge in [0.15, 0.2) is 0 Å². The number of anilines is 1. The van der Waals surface area contributed by atoms with E-state index < -0.39 is 0 Å². The number of nitrogens with one attached hydrogen (secondary N) is 2. The topological polar surface area (TPSA) is 61.4 Å². The van der Waals surface area contributed by atoms with Gasteiger partial charge in [0.2, 0.25) is 11.8 Å². The van der Waals surface area contributed by atoms with Crippen LogP contribution in [0.4, 0.5) is 5.69 Å². The quantitative estimate of drug-likeness (QED) is 0.573. The van der Waals surface area contributed by atoms with Crippen LogP contribution in [0.3, 0.4) is 0 Å². The third-order valence-corrected chi connectivity index (χ3v) is 4.72. The predicted octanol–water partition coefficient (Wildman–Crippen LogP) is 2.71. The number of carbonyl (C=O) groups excluding carboxylic acids is 2. The first-order valence-corrected chi connectivity index (χ1v) is 9.27. The molecule has 0 aliphatic carbocycles. The molecule has 0 radical (unpaired) electrons. The van der Waals surface area contributed by atoms with Gasteiger partial charge in [-0.3, -0.25) is 9.59 Å². The smallest absolute Gasteiger partial charge is 0.247 e. The van der Waals surface area contributed by atoms with Crippen molar-refractivity contribution in [3.8, 4) is 0 Å². The highest BCUT2D eigenvalue weighted by molar-refractivity contribution is 7.80. The van der Waals surface area contributed by atoms with Crippen LogP contribution in [0.2, 0.25) is 0 Å². The van der Waals surface area contributed by atoms with E-state index in [2.05, 4.69) is 34.7 Å². The normalized spacial score (nSPS) is 17.4. The van der Waals surface area contributed by atoms with Crippen LogP contribution in [0, 0.1) is 5.92 Å². The number of carbonyl (C=O) groups is 2. The molecule has 0 spiro atoms. The Morgan fingerprint density at radius 2 is 1.76 bits per heavy atom. The number of piperidine rings is 1. The van der Waals surface area contributed by atoms with Crippen LogP contribution in [0.1, 0.15) is 25.7 Å². The number of amides is 2. The van der Waals surface area contributed by atoms with E-state index >= 15 is 0 Å². The van der Waals surface area contributed by atoms with E-state index in [0.717, 1.165) is 49.6 Å². The number of benzene rings is 1. The van der Waals surface area contributed by atoms with Crippen molar-refractivity contribution in [2.45, 2.75) is 30.6 Å². The summed E-state index contributed by atoms with van der Waals surface area (Å²) in [5, 5.41) is 5.92. The van der Waals surface area contributed by atoms with Crippen molar-refractivity contribution in [3.63, 3.8) is 0 Å². The van der Waals surface area contributed by atoms with Crippen molar-refractivity contribution in [3.05, 3.63) is 36.9 Å². The lowest BCUT2D eigenvalue weighted by molar-refractivity contribution is -0.135. The monoisotopic (exact) mass is 361 g/mol. The maximum atomic E-state index is 11.9. The Morgan fingerprint density at radius 1 is 1.16 bits per heavy atom. The molecule has 5 nitrogen and oxygen atoms in total. The van der Waals surface area contributed by atoms with E-state index in [-0.39, 0.29) is 5.91 Å². The van der Waals surface area contributed by atoms with Crippen LogP contribution < -0.4 is 10.6 Å². The summed E-state index contributed by atoms with van der Waals surface area (Å²) in [4.78, 5) is 25.6. The average molecular weight is 362 g/mol. The van der Waals surface area contributed by atoms with Crippen molar-refractivity contribution in [1.29, 1.82) is 0 Å². The number of thiol groups is 1. The summed E-state index contributed by atoms with van der Waals surface area (Å²) < 4.78 is 0. The molecule has 2 aliphatic rings. The first kappa shape index (κ1) is 19.5. The van der Waals surface area contributed by atoms with Crippen molar-refractivity contribution >= 4 is 30.1 Å². The molecule has 2 amide bonds. The van der Waals surface area contributed by atoms with Gasteiger partial charge in [-0.1, -0.05) is 6.58 Å². The van der Waals surface area contributed by atoms with Crippen LogP contribution in [-0.2, 0) is 9.59 Å². The van der Waals surface area contributed by atoms with Crippen molar-refractivity contribution in [2.75, 3.05) is 31.5 Å². The largest absolute Gasteiger partial charge is 0.342 e. The summed E-state index contributed by atoms with van der Waals surface area (Å²) in [6.07, 6.45) is 5.71. The van der Waals surface area contributed by atoms with Gasteiger partial charge in [0.05, 0.1) is 0 Å². The van der Waals surface area contributed by atoms with Gasteiger partial charge in [0, 0.05) is 29.6 Å². The maximum absolute atomic E-state index is 11.9. The molecular weight excluding hydrogens is 334 g/mol. The second-order valence-corrected chi connectivity index (χ2v) is 6.81. The molecule has 2 aliphatic heterocycles. The summed E-state index contributed by atoms with van der Waals surface area (Å²) in [7, 11) is 0. The van der Waals surface area contributed by atoms with E-state index in [1.165, 1.54) is 18.9 Å². The van der Waals surface area contributed by atoms with Gasteiger partial charge in [0.25, 0.3) is 0 Å². The van der Waals surface area contributed by atoms with Crippen LogP contribution in [0.25, 0.3) is 0 Å². The maximum Gasteiger partial charge on any atom is 0.247 e. The number of rotatable bonds is 3. The molecule has 0 aromatic heterocycles. The summed E-state index contributed by atoms with van der Waals surface area (Å²) in [5.41, 5.74) is 0.748. The third-order valence-electron chi connectivity index (χ3n) is 4.43.